The van der Waals surface area contributed by atoms with Crippen LogP contribution >= 0.6 is 0 Å². The average molecular weight is 479 g/mol. The van der Waals surface area contributed by atoms with Crippen LogP contribution in [0.3, 0.4) is 0 Å². The second-order valence-electron chi connectivity index (χ2n) is 8.05. The van der Waals surface area contributed by atoms with Crippen molar-refractivity contribution in [2.75, 3.05) is 13.7 Å². The van der Waals surface area contributed by atoms with Crippen molar-refractivity contribution in [1.29, 1.82) is 0 Å². The van der Waals surface area contributed by atoms with E-state index in [0.29, 0.717) is 6.54 Å². The third-order valence-electron chi connectivity index (χ3n) is 5.77. The summed E-state index contributed by atoms with van der Waals surface area (Å²) < 4.78 is 10.0. The molecule has 10 nitrogen and oxygen atoms in total. The highest BCUT2D eigenvalue weighted by Gasteiger charge is 2.47. The van der Waals surface area contributed by atoms with Crippen molar-refractivity contribution in [1.82, 2.24) is 20.4 Å². The third kappa shape index (κ3) is 5.43. The van der Waals surface area contributed by atoms with Gasteiger partial charge in [0.1, 0.15) is 24.5 Å². The smallest absolute Gasteiger partial charge is 0.415 e. The molecule has 0 saturated carbocycles. The average Bonchev–Trinajstić information content (AvgIpc) is 3.22. The number of fused-ring (bicyclic) bond motifs is 1. The predicted octanol–water partition coefficient (Wildman–Crippen LogP) is 2.12. The van der Waals surface area contributed by atoms with Crippen LogP contribution in [-0.4, -0.2) is 59.5 Å². The number of hydrogen-bond acceptors (Lipinski definition) is 6. The maximum absolute atomic E-state index is 13.2. The van der Waals surface area contributed by atoms with Crippen molar-refractivity contribution < 1.29 is 28.7 Å². The molecule has 2 heterocycles. The van der Waals surface area contributed by atoms with Crippen LogP contribution in [0.2, 0.25) is 0 Å². The number of nitrogens with one attached hydrogen (secondary N) is 2. The maximum Gasteiger partial charge on any atom is 0.415 e. The van der Waals surface area contributed by atoms with Crippen LogP contribution in [0.5, 0.6) is 0 Å². The molecule has 1 fully saturated rings. The van der Waals surface area contributed by atoms with Gasteiger partial charge in [0.2, 0.25) is 5.91 Å². The monoisotopic (exact) mass is 478 g/mol. The first kappa shape index (κ1) is 23.8. The Balaban J connectivity index is 1.45. The Hall–Kier alpha value is -4.34. The number of ether oxygens (including phenoxy) is 2. The molecule has 2 aliphatic heterocycles. The standard InChI is InChI=1S/C25H26N4O6/c1-34-25(33)28-13-12-20(22(30)26-15-17-8-4-2-5-9-17)29-21(28)14-19(23(29)31)27-24(32)35-16-18-10-6-3-7-11-18/h2-11,14,19-20H,12-13,15-16H2,1H3,(H,26,30)(H,27,32). The molecule has 0 bridgehead atoms. The van der Waals surface area contributed by atoms with Crippen LogP contribution < -0.4 is 10.6 Å². The molecule has 0 radical (unpaired) electrons. The molecule has 0 aliphatic carbocycles. The van der Waals surface area contributed by atoms with E-state index in [1.54, 1.807) is 0 Å². The van der Waals surface area contributed by atoms with E-state index in [1.165, 1.54) is 23.0 Å². The lowest BCUT2D eigenvalue weighted by Crippen LogP contribution is -2.57. The van der Waals surface area contributed by atoms with Crippen LogP contribution in [0.1, 0.15) is 17.5 Å². The Morgan fingerprint density at radius 2 is 1.66 bits per heavy atom. The Bertz CT molecular complexity index is 1120. The molecule has 1 saturated heterocycles. The molecule has 182 valence electrons. The van der Waals surface area contributed by atoms with Crippen molar-refractivity contribution in [2.24, 2.45) is 0 Å². The molecule has 0 aromatic heterocycles. The minimum absolute atomic E-state index is 0.0344. The van der Waals surface area contributed by atoms with E-state index in [0.717, 1.165) is 11.1 Å². The summed E-state index contributed by atoms with van der Waals surface area (Å²) in [4.78, 5) is 53.4. The van der Waals surface area contributed by atoms with Crippen molar-refractivity contribution in [2.45, 2.75) is 31.7 Å². The molecule has 2 unspecified atom stereocenters. The number of carbonyl (C=O) groups excluding carboxylic acids is 4. The largest absolute Gasteiger partial charge is 0.452 e. The summed E-state index contributed by atoms with van der Waals surface area (Å²) in [6.07, 6.45) is 0.187. The molecule has 4 rings (SSSR count). The molecule has 2 N–H and O–H groups in total. The van der Waals surface area contributed by atoms with Crippen molar-refractivity contribution >= 4 is 24.0 Å². The molecule has 4 amide bonds. The van der Waals surface area contributed by atoms with Crippen LogP contribution in [-0.2, 0) is 32.2 Å². The van der Waals surface area contributed by atoms with Crippen LogP contribution in [0.4, 0.5) is 9.59 Å². The van der Waals surface area contributed by atoms with Gasteiger partial charge in [0.05, 0.1) is 7.11 Å². The molecular formula is C25H26N4O6. The van der Waals surface area contributed by atoms with Crippen LogP contribution in [0, 0.1) is 0 Å². The summed E-state index contributed by atoms with van der Waals surface area (Å²) >= 11 is 0. The van der Waals surface area contributed by atoms with Gasteiger partial charge >= 0.3 is 12.2 Å². The number of alkyl carbamates (subject to hydrolysis) is 1. The number of hydrogen-bond donors (Lipinski definition) is 2. The van der Waals surface area contributed by atoms with E-state index < -0.39 is 30.2 Å². The Morgan fingerprint density at radius 3 is 2.31 bits per heavy atom. The van der Waals surface area contributed by atoms with E-state index >= 15 is 0 Å². The maximum atomic E-state index is 13.2. The minimum Gasteiger partial charge on any atom is -0.452 e. The first-order valence-electron chi connectivity index (χ1n) is 11.2. The van der Waals surface area contributed by atoms with Gasteiger partial charge in [0.15, 0.2) is 0 Å². The van der Waals surface area contributed by atoms with E-state index in [9.17, 15) is 19.2 Å². The number of nitrogens with zero attached hydrogens (tertiary/aromatic N) is 2. The highest BCUT2D eigenvalue weighted by Crippen LogP contribution is 2.30. The van der Waals surface area contributed by atoms with Gasteiger partial charge in [-0.15, -0.1) is 0 Å². The molecule has 35 heavy (non-hydrogen) atoms. The number of carbonyl (C=O) groups is 4. The second kappa shape index (κ2) is 10.7. The zero-order valence-corrected chi connectivity index (χ0v) is 19.2. The fourth-order valence-electron chi connectivity index (χ4n) is 4.03. The fraction of sp³-hybridized carbons (Fsp3) is 0.280. The minimum atomic E-state index is -1.09. The van der Waals surface area contributed by atoms with Crippen LogP contribution in [0.15, 0.2) is 72.6 Å². The molecule has 10 heteroatoms. The summed E-state index contributed by atoms with van der Waals surface area (Å²) in [5.41, 5.74) is 1.71. The van der Waals surface area contributed by atoms with E-state index in [2.05, 4.69) is 10.6 Å². The van der Waals surface area contributed by atoms with Gasteiger partial charge in [0.25, 0.3) is 5.91 Å². The first-order chi connectivity index (χ1) is 17.0. The summed E-state index contributed by atoms with van der Waals surface area (Å²) in [6, 6.07) is 16.6. The lowest BCUT2D eigenvalue weighted by molar-refractivity contribution is -0.140. The molecule has 2 atom stereocenters. The summed E-state index contributed by atoms with van der Waals surface area (Å²) in [5, 5.41) is 5.36. The van der Waals surface area contributed by atoms with Gasteiger partial charge in [-0.2, -0.15) is 0 Å². The van der Waals surface area contributed by atoms with Gasteiger partial charge in [-0.05, 0) is 23.6 Å². The third-order valence-corrected chi connectivity index (χ3v) is 5.77. The number of rotatable bonds is 6. The Kier molecular flexibility index (Phi) is 7.30. The highest BCUT2D eigenvalue weighted by atomic mass is 16.5. The molecule has 2 aromatic carbocycles. The molecule has 2 aromatic rings. The summed E-state index contributed by atoms with van der Waals surface area (Å²) in [7, 11) is 1.24. The zero-order chi connectivity index (χ0) is 24.8. The van der Waals surface area contributed by atoms with E-state index in [1.807, 2.05) is 60.7 Å². The highest BCUT2D eigenvalue weighted by molar-refractivity contribution is 5.97. The van der Waals surface area contributed by atoms with Gasteiger partial charge in [0, 0.05) is 13.1 Å². The van der Waals surface area contributed by atoms with Crippen molar-refractivity contribution in [3.05, 3.63) is 83.7 Å². The topological polar surface area (TPSA) is 117 Å². The normalized spacial score (nSPS) is 18.9. The van der Waals surface area contributed by atoms with Gasteiger partial charge in [-0.25, -0.2) is 9.59 Å². The molecule has 2 aliphatic rings. The second-order valence-corrected chi connectivity index (χ2v) is 8.05. The molecule has 0 spiro atoms. The first-order valence-corrected chi connectivity index (χ1v) is 11.2. The van der Waals surface area contributed by atoms with Crippen LogP contribution in [0.25, 0.3) is 0 Å². The SMILES string of the molecule is COC(=O)N1CCC(C(=O)NCc2ccccc2)N2C(=O)C(NC(=O)OCc3ccccc3)C=C12. The van der Waals surface area contributed by atoms with E-state index in [-0.39, 0.29) is 31.3 Å². The van der Waals surface area contributed by atoms with E-state index in [4.69, 9.17) is 9.47 Å². The predicted molar refractivity (Wildman–Crippen MR) is 124 cm³/mol. The lowest BCUT2D eigenvalue weighted by Gasteiger charge is -2.39. The quantitative estimate of drug-likeness (QED) is 0.657. The van der Waals surface area contributed by atoms with Gasteiger partial charge in [-0.1, -0.05) is 60.7 Å². The Morgan fingerprint density at radius 1 is 1.00 bits per heavy atom. The summed E-state index contributed by atoms with van der Waals surface area (Å²) in [5.74, 6) is -0.698. The Labute approximate surface area is 202 Å². The fourth-order valence-corrected chi connectivity index (χ4v) is 4.03. The zero-order valence-electron chi connectivity index (χ0n) is 19.2. The number of methoxy groups -OCH3 is 1. The van der Waals surface area contributed by atoms with Crippen molar-refractivity contribution in [3.8, 4) is 0 Å². The lowest BCUT2D eigenvalue weighted by atomic mass is 10.1. The number of benzene rings is 2. The molecular weight excluding hydrogens is 452 g/mol. The van der Waals surface area contributed by atoms with Crippen molar-refractivity contribution in [3.63, 3.8) is 0 Å². The summed E-state index contributed by atoms with van der Waals surface area (Å²) in [6.45, 7) is 0.509. The number of amides is 4. The van der Waals surface area contributed by atoms with Gasteiger partial charge < -0.3 is 20.1 Å². The van der Waals surface area contributed by atoms with Gasteiger partial charge in [-0.3, -0.25) is 19.4 Å².